The van der Waals surface area contributed by atoms with E-state index in [0.717, 1.165) is 22.3 Å². The number of alkyl carbamates (subject to hydrolysis) is 1. The van der Waals surface area contributed by atoms with Crippen molar-refractivity contribution in [2.75, 3.05) is 40.9 Å². The summed E-state index contributed by atoms with van der Waals surface area (Å²) in [4.78, 5) is 36.5. The Balaban J connectivity index is 1.32. The van der Waals surface area contributed by atoms with E-state index in [1.807, 2.05) is 69.7 Å². The first-order valence-corrected chi connectivity index (χ1v) is 14.3. The molecule has 3 aromatic rings. The Morgan fingerprint density at radius 3 is 2.10 bits per heavy atom. The van der Waals surface area contributed by atoms with Crippen LogP contribution in [0.5, 0.6) is 5.75 Å². The second kappa shape index (κ2) is 12.2. The van der Waals surface area contributed by atoms with Crippen LogP contribution in [-0.4, -0.2) is 68.6 Å². The Bertz CT molecular complexity index is 1360. The number of phosphoric ester groups is 1. The second-order valence-electron chi connectivity index (χ2n) is 10.6. The number of nitrogens with zero attached hydrogens (tertiary/aromatic N) is 1. The van der Waals surface area contributed by atoms with Crippen molar-refractivity contribution in [1.82, 2.24) is 5.32 Å². The summed E-state index contributed by atoms with van der Waals surface area (Å²) in [5.74, 6) is -1.35. The van der Waals surface area contributed by atoms with Gasteiger partial charge in [0, 0.05) is 12.3 Å². The van der Waals surface area contributed by atoms with Gasteiger partial charge < -0.3 is 33.6 Å². The lowest BCUT2D eigenvalue weighted by molar-refractivity contribution is -0.870. The molecule has 0 bridgehead atoms. The SMILES string of the molecule is C[N+](C)(C)CCOP(=O)([O-])Oc1ccc(C[C@H](NC(=O)OCC2c3ccccc3-c3ccccc32)C(=O)O)cc1. The first-order chi connectivity index (χ1) is 18.9. The summed E-state index contributed by atoms with van der Waals surface area (Å²) in [7, 11) is 1.16. The van der Waals surface area contributed by atoms with E-state index in [2.05, 4.69) is 5.32 Å². The van der Waals surface area contributed by atoms with Crippen LogP contribution in [0.15, 0.2) is 72.8 Å². The maximum Gasteiger partial charge on any atom is 0.407 e. The summed E-state index contributed by atoms with van der Waals surface area (Å²) < 4.78 is 28.0. The van der Waals surface area contributed by atoms with Gasteiger partial charge in [-0.15, -0.1) is 0 Å². The molecule has 1 amide bonds. The molecule has 0 heterocycles. The Morgan fingerprint density at radius 2 is 1.55 bits per heavy atom. The zero-order chi connectivity index (χ0) is 28.9. The number of benzene rings is 3. The third kappa shape index (κ3) is 7.70. The van der Waals surface area contributed by atoms with Gasteiger partial charge in [0.05, 0.1) is 21.1 Å². The number of rotatable bonds is 12. The van der Waals surface area contributed by atoms with E-state index < -0.39 is 25.9 Å². The van der Waals surface area contributed by atoms with E-state index in [9.17, 15) is 24.2 Å². The molecular weight excluding hydrogens is 535 g/mol. The van der Waals surface area contributed by atoms with E-state index in [0.29, 0.717) is 16.6 Å². The second-order valence-corrected chi connectivity index (χ2v) is 11.9. The number of likely N-dealkylation sites (N-methyl/N-ethyl adjacent to an activating group) is 1. The number of aliphatic carboxylic acids is 1. The molecular formula is C29H33N2O8P. The first-order valence-electron chi connectivity index (χ1n) is 12.8. The molecule has 1 unspecified atom stereocenters. The number of hydrogen-bond acceptors (Lipinski definition) is 7. The van der Waals surface area contributed by atoms with E-state index in [1.165, 1.54) is 24.3 Å². The molecule has 0 aromatic heterocycles. The summed E-state index contributed by atoms with van der Waals surface area (Å²) in [6.45, 7) is 0.510. The van der Waals surface area contributed by atoms with Crippen LogP contribution in [0.1, 0.15) is 22.6 Å². The molecule has 2 atom stereocenters. The molecule has 0 saturated carbocycles. The molecule has 1 aliphatic carbocycles. The lowest BCUT2D eigenvalue weighted by Gasteiger charge is -2.27. The van der Waals surface area contributed by atoms with Crippen molar-refractivity contribution in [1.29, 1.82) is 0 Å². The van der Waals surface area contributed by atoms with Gasteiger partial charge in [-0.3, -0.25) is 4.57 Å². The van der Waals surface area contributed by atoms with Gasteiger partial charge in [0.15, 0.2) is 0 Å². The molecule has 0 saturated heterocycles. The molecule has 0 spiro atoms. The summed E-state index contributed by atoms with van der Waals surface area (Å²) in [6.07, 6.45) is -0.887. The van der Waals surface area contributed by atoms with Gasteiger partial charge in [-0.1, -0.05) is 60.7 Å². The fourth-order valence-electron chi connectivity index (χ4n) is 4.49. The number of phosphoric acid groups is 1. The van der Waals surface area contributed by atoms with Gasteiger partial charge in [0.25, 0.3) is 0 Å². The fraction of sp³-hybridized carbons (Fsp3) is 0.310. The fourth-order valence-corrected chi connectivity index (χ4v) is 5.22. The van der Waals surface area contributed by atoms with Crippen LogP contribution in [0.4, 0.5) is 4.79 Å². The molecule has 4 rings (SSSR count). The van der Waals surface area contributed by atoms with Gasteiger partial charge in [-0.2, -0.15) is 0 Å². The summed E-state index contributed by atoms with van der Waals surface area (Å²) >= 11 is 0. The average Bonchev–Trinajstić information content (AvgIpc) is 3.20. The highest BCUT2D eigenvalue weighted by atomic mass is 31.2. The number of carboxylic acid groups (broad SMARTS) is 1. The van der Waals surface area contributed by atoms with Gasteiger partial charge >= 0.3 is 19.9 Å². The van der Waals surface area contributed by atoms with E-state index >= 15 is 0 Å². The van der Waals surface area contributed by atoms with Gasteiger partial charge in [0.1, 0.15) is 31.5 Å². The van der Waals surface area contributed by atoms with Gasteiger partial charge in [-0.25, -0.2) is 9.59 Å². The quantitative estimate of drug-likeness (QED) is 0.249. The van der Waals surface area contributed by atoms with Crippen molar-refractivity contribution >= 4 is 19.9 Å². The molecule has 40 heavy (non-hydrogen) atoms. The summed E-state index contributed by atoms with van der Waals surface area (Å²) in [5.41, 5.74) is 4.83. The molecule has 0 fully saturated rings. The van der Waals surface area contributed by atoms with Crippen LogP contribution >= 0.6 is 7.82 Å². The zero-order valence-electron chi connectivity index (χ0n) is 22.6. The monoisotopic (exact) mass is 568 g/mol. The Kier molecular flexibility index (Phi) is 8.95. The standard InChI is InChI=1S/C29H33N2O8P/c1-31(2,3)16-17-38-40(35,36)39-21-14-12-20(13-15-21)18-27(28(32)33)30-29(34)37-19-26-24-10-6-4-8-22(24)23-9-5-7-11-25(23)26/h4-15,26-27H,16-19H2,1-3H3,(H2-,30,32,33,34,35,36)/t27-/m0/s1. The lowest BCUT2D eigenvalue weighted by Crippen LogP contribution is -2.42. The van der Waals surface area contributed by atoms with E-state index in [4.69, 9.17) is 13.8 Å². The van der Waals surface area contributed by atoms with Gasteiger partial charge in [-0.05, 0) is 39.9 Å². The molecule has 1 aliphatic rings. The minimum atomic E-state index is -4.56. The largest absolute Gasteiger partial charge is 0.746 e. The third-order valence-corrected chi connectivity index (χ3v) is 7.46. The van der Waals surface area contributed by atoms with Crippen molar-refractivity contribution in [2.24, 2.45) is 0 Å². The van der Waals surface area contributed by atoms with Crippen LogP contribution in [-0.2, 0) is 25.0 Å². The number of amides is 1. The molecule has 11 heteroatoms. The summed E-state index contributed by atoms with van der Waals surface area (Å²) in [5, 5.41) is 12.1. The topological polar surface area (TPSA) is 134 Å². The Labute approximate surface area is 233 Å². The predicted molar refractivity (Wildman–Crippen MR) is 147 cm³/mol. The Morgan fingerprint density at radius 1 is 0.975 bits per heavy atom. The molecule has 10 nitrogen and oxygen atoms in total. The minimum absolute atomic E-state index is 0.0236. The number of carbonyl (C=O) groups excluding carboxylic acids is 1. The maximum absolute atomic E-state index is 12.6. The minimum Gasteiger partial charge on any atom is -0.746 e. The lowest BCUT2D eigenvalue weighted by atomic mass is 9.98. The third-order valence-electron chi connectivity index (χ3n) is 6.53. The van der Waals surface area contributed by atoms with E-state index in [1.54, 1.807) is 0 Å². The highest BCUT2D eigenvalue weighted by Crippen LogP contribution is 2.44. The number of carbonyl (C=O) groups is 2. The van der Waals surface area contributed by atoms with Crippen molar-refractivity contribution in [3.63, 3.8) is 0 Å². The number of hydrogen-bond donors (Lipinski definition) is 2. The predicted octanol–water partition coefficient (Wildman–Crippen LogP) is 3.79. The van der Waals surface area contributed by atoms with Crippen LogP contribution in [0.3, 0.4) is 0 Å². The van der Waals surface area contributed by atoms with Crippen LogP contribution in [0, 0.1) is 0 Å². The van der Waals surface area contributed by atoms with Crippen LogP contribution in [0.25, 0.3) is 11.1 Å². The van der Waals surface area contributed by atoms with Crippen LogP contribution in [0.2, 0.25) is 0 Å². The maximum atomic E-state index is 12.6. The number of ether oxygens (including phenoxy) is 1. The zero-order valence-corrected chi connectivity index (χ0v) is 23.5. The average molecular weight is 569 g/mol. The molecule has 0 radical (unpaired) electrons. The highest BCUT2D eigenvalue weighted by Gasteiger charge is 2.30. The van der Waals surface area contributed by atoms with E-state index in [-0.39, 0.29) is 31.3 Å². The molecule has 3 aromatic carbocycles. The number of quaternary nitrogens is 1. The first kappa shape index (κ1) is 29.3. The van der Waals surface area contributed by atoms with Crippen molar-refractivity contribution in [3.8, 4) is 16.9 Å². The van der Waals surface area contributed by atoms with Crippen molar-refractivity contribution in [2.45, 2.75) is 18.4 Å². The van der Waals surface area contributed by atoms with Crippen molar-refractivity contribution in [3.05, 3.63) is 89.5 Å². The van der Waals surface area contributed by atoms with Crippen molar-refractivity contribution < 1.29 is 42.4 Å². The van der Waals surface area contributed by atoms with Crippen LogP contribution < -0.4 is 14.7 Å². The number of fused-ring (bicyclic) bond motifs is 3. The smallest absolute Gasteiger partial charge is 0.407 e. The van der Waals surface area contributed by atoms with Gasteiger partial charge in [0.2, 0.25) is 0 Å². The highest BCUT2D eigenvalue weighted by molar-refractivity contribution is 7.46. The Hall–Kier alpha value is -3.69. The molecule has 2 N–H and O–H groups in total. The molecule has 0 aliphatic heterocycles. The molecule has 212 valence electrons. The number of nitrogens with one attached hydrogen (secondary N) is 1. The summed E-state index contributed by atoms with van der Waals surface area (Å²) in [6, 6.07) is 20.4. The number of carboxylic acids is 1. The normalized spacial score (nSPS) is 14.9.